The van der Waals surface area contributed by atoms with Crippen molar-refractivity contribution < 1.29 is 199 Å². The Labute approximate surface area is 502 Å². The summed E-state index contributed by atoms with van der Waals surface area (Å²) in [4.78, 5) is 0. The van der Waals surface area contributed by atoms with E-state index in [-0.39, 0.29) is 5.48 Å². The lowest BCUT2D eigenvalue weighted by molar-refractivity contribution is -0.401. The molecule has 16 bridgehead atoms. The van der Waals surface area contributed by atoms with Gasteiger partial charge in [0.15, 0.2) is 50.3 Å². The van der Waals surface area contributed by atoms with Crippen molar-refractivity contribution in [3.63, 3.8) is 0 Å². The normalized spacial score (nSPS) is 54.7. The Balaban J connectivity index is 0.0000102. The molecule has 21 aliphatic rings. The molecule has 0 unspecified atom stereocenters. The van der Waals surface area contributed by atoms with Crippen molar-refractivity contribution in [2.75, 3.05) is 52.9 Å². The topological polar surface area (TPSA) is 670 Å². The van der Waals surface area contributed by atoms with Crippen molar-refractivity contribution >= 4 is 0 Å². The van der Waals surface area contributed by atoms with Crippen molar-refractivity contribution in [3.05, 3.63) is 0 Å². The average molecular weight is 1310 g/mol. The number of aliphatic hydroxyl groups excluding tert-OH is 23. The molecule has 0 aromatic rings. The molecule has 0 aromatic carbocycles. The van der Waals surface area contributed by atoms with Crippen LogP contribution in [0.25, 0.3) is 0 Å². The molecule has 27 N–H and O–H groups in total. The maximum Gasteiger partial charge on any atom is 0.187 e. The molecule has 41 nitrogen and oxygen atoms in total. The van der Waals surface area contributed by atoms with Gasteiger partial charge in [-0.2, -0.15) is 0 Å². The van der Waals surface area contributed by atoms with Gasteiger partial charge in [-0.25, -0.2) is 0 Å². The molecule has 89 heavy (non-hydrogen) atoms. The van der Waals surface area contributed by atoms with Gasteiger partial charge in [-0.3, -0.25) is 0 Å². The first-order valence-electron chi connectivity index (χ1n) is 28.2. The van der Waals surface area contributed by atoms with Gasteiger partial charge in [-0.1, -0.05) is 0 Å². The SMILES string of the molecule is N[C@@H]1[C@@H]2O[C@H]3[C@H](O)[C@@H](O)[C@@H](O[C@H]4[C@H](O)[C@@H](O)[C@@H](O[C@H]5[C@H](O)[C@@H](O)[C@@H](O[C@H]6[C@H](O)[C@@H](O)[C@@H](O[C@H]7[C@H](O)[C@@H](O)[C@@H](O[C@H]8[C@H](O)[C@@H](O)[C@@H](O[C@H]9[C@H](O)[C@@H](O)[C@@H](O[C@@H]([C@@H]1O)[C@@H](CO)O2)O[C@@H]9CO)O[C@@H]8CO)O[C@@H]7CO)O[C@@H]6CO)O[C@@H]5CO)O[C@@H]4CO)O[C@@H]3CO.O. The Kier molecular flexibility index (Phi) is 25.5. The van der Waals surface area contributed by atoms with Gasteiger partial charge in [0, 0.05) is 0 Å². The first-order chi connectivity index (χ1) is 41.9. The molecule has 21 rings (SSSR count). The van der Waals surface area contributed by atoms with Gasteiger partial charge >= 0.3 is 0 Å². The molecule has 21 aliphatic heterocycles. The zero-order valence-electron chi connectivity index (χ0n) is 46.6. The molecular formula is C48H83NO40. The Morgan fingerprint density at radius 3 is 0.449 bits per heavy atom. The van der Waals surface area contributed by atoms with Crippen LogP contribution >= 0.6 is 0 Å². The van der Waals surface area contributed by atoms with E-state index in [9.17, 15) is 117 Å². The number of hydrogen-bond acceptors (Lipinski definition) is 40. The van der Waals surface area contributed by atoms with E-state index in [0.717, 1.165) is 0 Å². The number of rotatable bonds is 8. The van der Waals surface area contributed by atoms with Crippen LogP contribution in [0.3, 0.4) is 0 Å². The fourth-order valence-electron chi connectivity index (χ4n) is 11.9. The summed E-state index contributed by atoms with van der Waals surface area (Å²) in [6.45, 7) is -8.48. The quantitative estimate of drug-likeness (QED) is 0.107. The summed E-state index contributed by atoms with van der Waals surface area (Å²) < 4.78 is 91.6. The largest absolute Gasteiger partial charge is 0.412 e. The summed E-state index contributed by atoms with van der Waals surface area (Å²) in [5.41, 5.74) is 6.32. The Hall–Kier alpha value is -1.64. The van der Waals surface area contributed by atoms with Gasteiger partial charge in [-0.15, -0.1) is 0 Å². The summed E-state index contributed by atoms with van der Waals surface area (Å²) in [6.07, 6.45) is -78.4. The van der Waals surface area contributed by atoms with Crippen molar-refractivity contribution in [3.8, 4) is 0 Å². The molecule has 0 spiro atoms. The van der Waals surface area contributed by atoms with E-state index in [1.54, 1.807) is 0 Å². The van der Waals surface area contributed by atoms with Gasteiger partial charge in [0.05, 0.1) is 58.9 Å². The van der Waals surface area contributed by atoms with Crippen LogP contribution in [0.4, 0.5) is 0 Å². The highest BCUT2D eigenvalue weighted by atomic mass is 16.8. The minimum absolute atomic E-state index is 0. The van der Waals surface area contributed by atoms with Crippen LogP contribution in [-0.2, 0) is 75.8 Å². The van der Waals surface area contributed by atoms with Gasteiger partial charge in [0.1, 0.15) is 189 Å². The van der Waals surface area contributed by atoms with E-state index in [0.29, 0.717) is 0 Å². The highest BCUT2D eigenvalue weighted by Crippen LogP contribution is 2.39. The second-order valence-electron chi connectivity index (χ2n) is 22.5. The van der Waals surface area contributed by atoms with Gasteiger partial charge < -0.3 is 204 Å². The number of ether oxygens (including phenoxy) is 16. The molecule has 0 radical (unpaired) electrons. The predicted octanol–water partition coefficient (Wildman–Crippen LogP) is -18.3. The van der Waals surface area contributed by atoms with Crippen molar-refractivity contribution in [2.45, 2.75) is 246 Å². The molecule has 0 aromatic heterocycles. The highest BCUT2D eigenvalue weighted by Gasteiger charge is 2.60. The lowest BCUT2D eigenvalue weighted by Gasteiger charge is -2.50. The Bertz CT molecular complexity index is 1710. The molecule has 40 atom stereocenters. The van der Waals surface area contributed by atoms with Crippen LogP contribution in [0.5, 0.6) is 0 Å². The smallest absolute Gasteiger partial charge is 0.187 e. The third kappa shape index (κ3) is 14.4. The molecule has 21 fully saturated rings. The van der Waals surface area contributed by atoms with Crippen molar-refractivity contribution in [2.24, 2.45) is 5.73 Å². The zero-order valence-corrected chi connectivity index (χ0v) is 46.6. The maximum absolute atomic E-state index is 11.5. The summed E-state index contributed by atoms with van der Waals surface area (Å²) in [5.74, 6) is 0. The van der Waals surface area contributed by atoms with Crippen molar-refractivity contribution in [1.29, 1.82) is 0 Å². The predicted molar refractivity (Wildman–Crippen MR) is 267 cm³/mol. The minimum Gasteiger partial charge on any atom is -0.412 e. The molecule has 0 saturated carbocycles. The third-order valence-corrected chi connectivity index (χ3v) is 17.0. The summed E-state index contributed by atoms with van der Waals surface area (Å²) >= 11 is 0. The minimum atomic E-state index is -2.24. The third-order valence-electron chi connectivity index (χ3n) is 17.0. The molecular weight excluding hydrogens is 1230 g/mol. The molecule has 520 valence electrons. The molecule has 41 heteroatoms. The maximum atomic E-state index is 11.5. The number of aliphatic hydroxyl groups is 23. The van der Waals surface area contributed by atoms with Crippen LogP contribution in [-0.4, -0.2) is 421 Å². The second-order valence-corrected chi connectivity index (χ2v) is 22.5. The van der Waals surface area contributed by atoms with Crippen LogP contribution in [0.2, 0.25) is 0 Å². The van der Waals surface area contributed by atoms with E-state index < -0.39 is 298 Å². The molecule has 0 amide bonds. The number of hydrogen-bond donors (Lipinski definition) is 24. The Morgan fingerprint density at radius 1 is 0.180 bits per heavy atom. The van der Waals surface area contributed by atoms with E-state index >= 15 is 0 Å². The fraction of sp³-hybridized carbons (Fsp3) is 1.00. The molecule has 0 aliphatic carbocycles. The fourth-order valence-corrected chi connectivity index (χ4v) is 11.9. The van der Waals surface area contributed by atoms with Crippen LogP contribution in [0.15, 0.2) is 0 Å². The summed E-state index contributed by atoms with van der Waals surface area (Å²) in [7, 11) is 0. The second kappa shape index (κ2) is 31.0. The summed E-state index contributed by atoms with van der Waals surface area (Å²) in [5, 5.41) is 254. The van der Waals surface area contributed by atoms with E-state index in [4.69, 9.17) is 81.5 Å². The monoisotopic (exact) mass is 1310 g/mol. The average Bonchev–Trinajstić information content (AvgIpc) is 1.02. The van der Waals surface area contributed by atoms with Gasteiger partial charge in [0.2, 0.25) is 0 Å². The van der Waals surface area contributed by atoms with Crippen molar-refractivity contribution in [1.82, 2.24) is 0 Å². The molecule has 21 heterocycles. The zero-order chi connectivity index (χ0) is 64.1. The first-order valence-corrected chi connectivity index (χ1v) is 28.2. The Morgan fingerprint density at radius 2 is 0.303 bits per heavy atom. The van der Waals surface area contributed by atoms with Crippen LogP contribution < -0.4 is 5.73 Å². The standard InChI is InChI=1S/C48H81NO39.H2O/c49-17-18(58)33-9(1-50)73-41(17)81-34-10(2-51)74-43(26(66)19(34)59)83-36-12(4-53)76-45(28(68)21(36)61)85-38-14(6-55)78-47(30(70)23(38)63)87-40-16(8-57)80-48(32(72)25(40)65)88-39-15(7-56)79-46(31(71)24(39)64)86-37-13(5-54)77-44(29(69)22(37)62)84-35-11(3-52)75-42(82-33)27(67)20(35)60;/h9-48,50-72H,1-8,49H2;1H2/t9-,10-,11-,12-,13-,14-,15-,16-,17+,18-,19-,20-,21-,22-,23-,24-,25-,26-,27-,28-,29-,30-,31-,32-,33-,34-,35-,36-,37-,38-,39-,40-,41+,42-,43-,44-,45-,46-,47-,48-;/m1./s1. The summed E-state index contributed by atoms with van der Waals surface area (Å²) in [6, 6.07) is -1.75. The lowest BCUT2D eigenvalue weighted by atomic mass is 9.94. The van der Waals surface area contributed by atoms with E-state index in [1.165, 1.54) is 0 Å². The molecule has 21 saturated heterocycles. The van der Waals surface area contributed by atoms with Crippen LogP contribution in [0.1, 0.15) is 0 Å². The first kappa shape index (κ1) is 73.2. The van der Waals surface area contributed by atoms with Gasteiger partial charge in [-0.05, 0) is 0 Å². The number of nitrogens with two attached hydrogens (primary N) is 1. The highest BCUT2D eigenvalue weighted by molar-refractivity contribution is 5.03. The van der Waals surface area contributed by atoms with E-state index in [2.05, 4.69) is 0 Å². The lowest BCUT2D eigenvalue weighted by Crippen LogP contribution is -2.69. The van der Waals surface area contributed by atoms with E-state index in [1.807, 2.05) is 0 Å². The van der Waals surface area contributed by atoms with Crippen LogP contribution in [0, 0.1) is 0 Å². The van der Waals surface area contributed by atoms with Gasteiger partial charge in [0.25, 0.3) is 0 Å².